The quantitative estimate of drug-likeness (QED) is 0.602. The topological polar surface area (TPSA) is 20.3 Å². The van der Waals surface area contributed by atoms with Gasteiger partial charge in [-0.05, 0) is 36.1 Å². The van der Waals surface area contributed by atoms with Gasteiger partial charge in [-0.1, -0.05) is 48.2 Å². The highest BCUT2D eigenvalue weighted by Crippen LogP contribution is 2.37. The first-order valence-electron chi connectivity index (χ1n) is 6.04. The average molecular weight is 317 g/mol. The number of amides is 1. The van der Waals surface area contributed by atoms with Crippen molar-refractivity contribution < 1.29 is 4.79 Å². The summed E-state index contributed by atoms with van der Waals surface area (Å²) in [6, 6.07) is 11.7. The van der Waals surface area contributed by atoms with Gasteiger partial charge in [0.15, 0.2) is 4.32 Å². The Bertz CT molecular complexity index is 704. The number of thioether (sulfide) groups is 1. The first kappa shape index (κ1) is 13.5. The van der Waals surface area contributed by atoms with E-state index in [1.807, 2.05) is 54.8 Å². The third-order valence-electron chi connectivity index (χ3n) is 2.97. The van der Waals surface area contributed by atoms with E-state index in [1.165, 1.54) is 11.8 Å². The predicted molar refractivity (Wildman–Crippen MR) is 91.2 cm³/mol. The number of nitrogens with zero attached hydrogens (tertiary/aromatic N) is 1. The van der Waals surface area contributed by atoms with Gasteiger partial charge in [-0.25, -0.2) is 0 Å². The van der Waals surface area contributed by atoms with E-state index in [1.54, 1.807) is 16.2 Å². The Morgan fingerprint density at radius 3 is 2.70 bits per heavy atom. The Morgan fingerprint density at radius 2 is 2.00 bits per heavy atom. The highest BCUT2D eigenvalue weighted by molar-refractivity contribution is 8.27. The molecule has 5 heteroatoms. The minimum absolute atomic E-state index is 0.0392. The van der Waals surface area contributed by atoms with Gasteiger partial charge in [0.2, 0.25) is 0 Å². The normalized spacial score (nSPS) is 17.2. The van der Waals surface area contributed by atoms with Crippen LogP contribution in [-0.2, 0) is 4.79 Å². The molecule has 2 aromatic rings. The summed E-state index contributed by atoms with van der Waals surface area (Å²) in [6.45, 7) is 1.98. The van der Waals surface area contributed by atoms with E-state index in [9.17, 15) is 4.79 Å². The molecule has 0 radical (unpaired) electrons. The smallest absolute Gasteiger partial charge is 0.268 e. The second-order valence-electron chi connectivity index (χ2n) is 4.32. The number of aryl methyl sites for hydroxylation is 1. The van der Waals surface area contributed by atoms with Crippen LogP contribution in [0.5, 0.6) is 0 Å². The van der Waals surface area contributed by atoms with Crippen LogP contribution in [0.2, 0.25) is 0 Å². The Hall–Kier alpha value is -1.43. The number of rotatable bonds is 2. The largest absolute Gasteiger partial charge is 0.270 e. The minimum atomic E-state index is -0.0392. The molecule has 20 heavy (non-hydrogen) atoms. The Morgan fingerprint density at radius 1 is 1.20 bits per heavy atom. The van der Waals surface area contributed by atoms with Crippen molar-refractivity contribution in [3.8, 4) is 0 Å². The molecule has 1 aliphatic heterocycles. The summed E-state index contributed by atoms with van der Waals surface area (Å²) in [5.74, 6) is -0.0392. The molecule has 1 amide bonds. The Labute approximate surface area is 131 Å². The molecule has 1 aromatic carbocycles. The van der Waals surface area contributed by atoms with Crippen LogP contribution in [0.25, 0.3) is 6.08 Å². The van der Waals surface area contributed by atoms with Gasteiger partial charge in [-0.15, -0.1) is 11.3 Å². The zero-order valence-electron chi connectivity index (χ0n) is 10.7. The third kappa shape index (κ3) is 2.44. The van der Waals surface area contributed by atoms with Gasteiger partial charge in [-0.3, -0.25) is 9.69 Å². The SMILES string of the molecule is Cc1ccccc1N1C(=O)C(=Cc2cccs2)SC1=S. The van der Waals surface area contributed by atoms with Crippen molar-refractivity contribution in [1.82, 2.24) is 0 Å². The molecule has 0 unspecified atom stereocenters. The van der Waals surface area contributed by atoms with Crippen LogP contribution in [0, 0.1) is 6.92 Å². The molecule has 1 fully saturated rings. The fourth-order valence-electron chi connectivity index (χ4n) is 1.99. The number of anilines is 1. The third-order valence-corrected chi connectivity index (χ3v) is 5.09. The van der Waals surface area contributed by atoms with Crippen LogP contribution >= 0.6 is 35.3 Å². The molecule has 1 aliphatic rings. The number of thiophene rings is 1. The second kappa shape index (κ2) is 5.52. The van der Waals surface area contributed by atoms with E-state index in [2.05, 4.69) is 0 Å². The molecule has 2 nitrogen and oxygen atoms in total. The molecular formula is C15H11NOS3. The van der Waals surface area contributed by atoms with Gasteiger partial charge >= 0.3 is 0 Å². The van der Waals surface area contributed by atoms with Crippen LogP contribution in [0.15, 0.2) is 46.7 Å². The molecule has 0 atom stereocenters. The van der Waals surface area contributed by atoms with Crippen LogP contribution in [0.1, 0.15) is 10.4 Å². The molecule has 1 aromatic heterocycles. The van der Waals surface area contributed by atoms with E-state index < -0.39 is 0 Å². The van der Waals surface area contributed by atoms with E-state index >= 15 is 0 Å². The van der Waals surface area contributed by atoms with Gasteiger partial charge < -0.3 is 0 Å². The summed E-state index contributed by atoms with van der Waals surface area (Å²) in [7, 11) is 0. The lowest BCUT2D eigenvalue weighted by molar-refractivity contribution is -0.113. The van der Waals surface area contributed by atoms with Gasteiger partial charge in [0.05, 0.1) is 10.6 Å². The van der Waals surface area contributed by atoms with Crippen molar-refractivity contribution in [3.63, 3.8) is 0 Å². The fourth-order valence-corrected chi connectivity index (χ4v) is 4.00. The maximum atomic E-state index is 12.5. The average Bonchev–Trinajstić information content (AvgIpc) is 3.01. The minimum Gasteiger partial charge on any atom is -0.268 e. The van der Waals surface area contributed by atoms with Crippen molar-refractivity contribution in [2.75, 3.05) is 4.90 Å². The van der Waals surface area contributed by atoms with Gasteiger partial charge in [0.1, 0.15) is 0 Å². The number of benzene rings is 1. The Kier molecular flexibility index (Phi) is 3.74. The number of carbonyl (C=O) groups is 1. The molecule has 2 heterocycles. The van der Waals surface area contributed by atoms with Crippen molar-refractivity contribution in [2.45, 2.75) is 6.92 Å². The van der Waals surface area contributed by atoms with Gasteiger partial charge in [0, 0.05) is 4.88 Å². The van der Waals surface area contributed by atoms with Crippen molar-refractivity contribution >= 4 is 57.3 Å². The number of thiocarbonyl (C=S) groups is 1. The standard InChI is InChI=1S/C15H11NOS3/c1-10-5-2-3-7-12(10)16-14(17)13(20-15(16)18)9-11-6-4-8-19-11/h2-9H,1H3. The van der Waals surface area contributed by atoms with E-state index in [-0.39, 0.29) is 5.91 Å². The summed E-state index contributed by atoms with van der Waals surface area (Å²) >= 11 is 8.33. The molecule has 0 N–H and O–H groups in total. The first-order valence-corrected chi connectivity index (χ1v) is 8.14. The molecule has 0 saturated carbocycles. The van der Waals surface area contributed by atoms with E-state index in [0.717, 1.165) is 16.1 Å². The predicted octanol–water partition coefficient (Wildman–Crippen LogP) is 4.46. The summed E-state index contributed by atoms with van der Waals surface area (Å²) in [5, 5.41) is 1.99. The summed E-state index contributed by atoms with van der Waals surface area (Å²) < 4.78 is 0.590. The number of hydrogen-bond donors (Lipinski definition) is 0. The maximum Gasteiger partial charge on any atom is 0.270 e. The van der Waals surface area contributed by atoms with E-state index in [0.29, 0.717) is 9.23 Å². The zero-order valence-corrected chi connectivity index (χ0v) is 13.1. The number of para-hydroxylation sites is 1. The van der Waals surface area contributed by atoms with Crippen molar-refractivity contribution in [3.05, 3.63) is 57.1 Å². The van der Waals surface area contributed by atoms with Crippen LogP contribution < -0.4 is 4.90 Å². The molecule has 0 bridgehead atoms. The van der Waals surface area contributed by atoms with Crippen LogP contribution in [-0.4, -0.2) is 10.2 Å². The highest BCUT2D eigenvalue weighted by Gasteiger charge is 2.33. The monoisotopic (exact) mass is 317 g/mol. The van der Waals surface area contributed by atoms with Crippen molar-refractivity contribution in [1.29, 1.82) is 0 Å². The number of hydrogen-bond acceptors (Lipinski definition) is 4. The van der Waals surface area contributed by atoms with Crippen LogP contribution in [0.4, 0.5) is 5.69 Å². The summed E-state index contributed by atoms with van der Waals surface area (Å²) in [5.41, 5.74) is 1.91. The number of carbonyl (C=O) groups excluding carboxylic acids is 1. The van der Waals surface area contributed by atoms with Crippen LogP contribution in [0.3, 0.4) is 0 Å². The molecule has 100 valence electrons. The van der Waals surface area contributed by atoms with Gasteiger partial charge in [-0.2, -0.15) is 0 Å². The first-order chi connectivity index (χ1) is 9.66. The molecule has 0 aliphatic carbocycles. The summed E-state index contributed by atoms with van der Waals surface area (Å²) in [4.78, 5) is 15.9. The van der Waals surface area contributed by atoms with E-state index in [4.69, 9.17) is 12.2 Å². The molecular weight excluding hydrogens is 306 g/mol. The molecule has 3 rings (SSSR count). The lowest BCUT2D eigenvalue weighted by atomic mass is 10.2. The highest BCUT2D eigenvalue weighted by atomic mass is 32.2. The molecule has 0 spiro atoms. The maximum absolute atomic E-state index is 12.5. The Balaban J connectivity index is 1.98. The lowest BCUT2D eigenvalue weighted by Gasteiger charge is -2.16. The fraction of sp³-hybridized carbons (Fsp3) is 0.0667. The van der Waals surface area contributed by atoms with Crippen molar-refractivity contribution in [2.24, 2.45) is 0 Å². The second-order valence-corrected chi connectivity index (χ2v) is 6.97. The lowest BCUT2D eigenvalue weighted by Crippen LogP contribution is -2.28. The van der Waals surface area contributed by atoms with Gasteiger partial charge in [0.25, 0.3) is 5.91 Å². The summed E-state index contributed by atoms with van der Waals surface area (Å²) in [6.07, 6.45) is 1.90. The molecule has 1 saturated heterocycles. The zero-order chi connectivity index (χ0) is 14.1.